The summed E-state index contributed by atoms with van der Waals surface area (Å²) in [7, 11) is 0. The van der Waals surface area contributed by atoms with E-state index in [1.165, 1.54) is 6.07 Å². The molecule has 22 heavy (non-hydrogen) atoms. The quantitative estimate of drug-likeness (QED) is 0.885. The zero-order valence-corrected chi connectivity index (χ0v) is 12.0. The summed E-state index contributed by atoms with van der Waals surface area (Å²) in [5.74, 6) is -1.72. The lowest BCUT2D eigenvalue weighted by atomic mass is 10.1. The van der Waals surface area contributed by atoms with Gasteiger partial charge in [-0.15, -0.1) is 0 Å². The molecule has 1 unspecified atom stereocenters. The van der Waals surface area contributed by atoms with E-state index in [9.17, 15) is 19.1 Å². The Morgan fingerprint density at radius 2 is 1.68 bits per heavy atom. The monoisotopic (exact) mass is 319 g/mol. The van der Waals surface area contributed by atoms with Gasteiger partial charge in [0, 0.05) is 5.02 Å². The molecular formula is C16H11ClFNO3. The molecule has 4 nitrogen and oxygen atoms in total. The van der Waals surface area contributed by atoms with Crippen molar-refractivity contribution in [1.82, 2.24) is 4.90 Å². The lowest BCUT2D eigenvalue weighted by molar-refractivity contribution is 0.0543. The van der Waals surface area contributed by atoms with Crippen molar-refractivity contribution >= 4 is 23.4 Å². The summed E-state index contributed by atoms with van der Waals surface area (Å²) in [6.45, 7) is -0.199. The number of carbonyl (C=O) groups excluding carboxylic acids is 2. The molecule has 0 fully saturated rings. The van der Waals surface area contributed by atoms with Crippen LogP contribution in [0.2, 0.25) is 5.02 Å². The molecule has 1 aliphatic heterocycles. The summed E-state index contributed by atoms with van der Waals surface area (Å²) in [5.41, 5.74) is 0.704. The predicted molar refractivity (Wildman–Crippen MR) is 78.2 cm³/mol. The highest BCUT2D eigenvalue weighted by Crippen LogP contribution is 2.26. The first kappa shape index (κ1) is 14.7. The Bertz CT molecular complexity index is 760. The fraction of sp³-hybridized carbons (Fsp3) is 0.125. The first-order valence-electron chi connectivity index (χ1n) is 6.56. The minimum Gasteiger partial charge on any atom is -0.387 e. The van der Waals surface area contributed by atoms with Crippen LogP contribution < -0.4 is 0 Å². The van der Waals surface area contributed by atoms with E-state index >= 15 is 0 Å². The van der Waals surface area contributed by atoms with Crippen molar-refractivity contribution < 1.29 is 19.1 Å². The van der Waals surface area contributed by atoms with Crippen molar-refractivity contribution in [1.29, 1.82) is 0 Å². The second-order valence-electron chi connectivity index (χ2n) is 4.98. The Morgan fingerprint density at radius 1 is 1.05 bits per heavy atom. The summed E-state index contributed by atoms with van der Waals surface area (Å²) in [5, 5.41) is 10.7. The smallest absolute Gasteiger partial charge is 0.261 e. The molecule has 1 N–H and O–H groups in total. The number of carbonyl (C=O) groups is 2. The average molecular weight is 320 g/mol. The van der Waals surface area contributed by atoms with Crippen LogP contribution in [0.3, 0.4) is 0 Å². The highest BCUT2D eigenvalue weighted by Gasteiger charge is 2.36. The van der Waals surface area contributed by atoms with Crippen LogP contribution in [-0.4, -0.2) is 28.4 Å². The van der Waals surface area contributed by atoms with E-state index in [4.69, 9.17) is 11.6 Å². The van der Waals surface area contributed by atoms with Crippen molar-refractivity contribution in [3.05, 3.63) is 70.0 Å². The minimum atomic E-state index is -1.04. The number of nitrogens with zero attached hydrogens (tertiary/aromatic N) is 1. The molecule has 2 amide bonds. The van der Waals surface area contributed by atoms with Gasteiger partial charge in [0.05, 0.1) is 23.8 Å². The molecule has 112 valence electrons. The summed E-state index contributed by atoms with van der Waals surface area (Å²) >= 11 is 5.77. The number of halogens is 2. The molecule has 0 spiro atoms. The van der Waals surface area contributed by atoms with E-state index in [2.05, 4.69) is 0 Å². The molecule has 0 saturated heterocycles. The molecular weight excluding hydrogens is 309 g/mol. The maximum Gasteiger partial charge on any atom is 0.261 e. The van der Waals surface area contributed by atoms with Gasteiger partial charge in [-0.05, 0) is 35.9 Å². The van der Waals surface area contributed by atoms with E-state index < -0.39 is 23.7 Å². The third kappa shape index (κ3) is 2.49. The van der Waals surface area contributed by atoms with E-state index in [1.54, 1.807) is 24.3 Å². The molecule has 2 aromatic rings. The van der Waals surface area contributed by atoms with Crippen LogP contribution in [0.15, 0.2) is 42.5 Å². The predicted octanol–water partition coefficient (Wildman–Crippen LogP) is 2.81. The number of hydrogen-bond acceptors (Lipinski definition) is 3. The van der Waals surface area contributed by atoms with Crippen LogP contribution in [-0.2, 0) is 0 Å². The van der Waals surface area contributed by atoms with Gasteiger partial charge < -0.3 is 5.11 Å². The third-order valence-corrected chi connectivity index (χ3v) is 3.80. The first-order chi connectivity index (χ1) is 10.5. The summed E-state index contributed by atoms with van der Waals surface area (Å²) in [6, 6.07) is 9.89. The normalized spacial score (nSPS) is 15.1. The number of rotatable bonds is 3. The lowest BCUT2D eigenvalue weighted by Crippen LogP contribution is -2.33. The molecule has 2 aromatic carbocycles. The van der Waals surface area contributed by atoms with Crippen molar-refractivity contribution in [2.24, 2.45) is 0 Å². The number of imide groups is 1. The van der Waals surface area contributed by atoms with Gasteiger partial charge in [0.2, 0.25) is 0 Å². The molecule has 1 aliphatic rings. The number of benzene rings is 2. The highest BCUT2D eigenvalue weighted by atomic mass is 35.5. The van der Waals surface area contributed by atoms with Gasteiger partial charge in [0.1, 0.15) is 5.82 Å². The summed E-state index contributed by atoms with van der Waals surface area (Å²) in [4.78, 5) is 25.3. The molecule has 6 heteroatoms. The Kier molecular flexibility index (Phi) is 3.68. The van der Waals surface area contributed by atoms with Crippen LogP contribution >= 0.6 is 11.6 Å². The van der Waals surface area contributed by atoms with Gasteiger partial charge in [0.25, 0.3) is 11.8 Å². The van der Waals surface area contributed by atoms with Gasteiger partial charge in [-0.2, -0.15) is 0 Å². The van der Waals surface area contributed by atoms with Gasteiger partial charge in [-0.1, -0.05) is 23.7 Å². The van der Waals surface area contributed by atoms with E-state index in [0.29, 0.717) is 10.6 Å². The van der Waals surface area contributed by atoms with Crippen LogP contribution in [0.25, 0.3) is 0 Å². The van der Waals surface area contributed by atoms with E-state index in [-0.39, 0.29) is 17.7 Å². The number of aliphatic hydroxyl groups is 1. The van der Waals surface area contributed by atoms with Crippen LogP contribution in [0.1, 0.15) is 32.4 Å². The summed E-state index contributed by atoms with van der Waals surface area (Å²) in [6.07, 6.45) is -1.04. The van der Waals surface area contributed by atoms with Crippen molar-refractivity contribution in [3.63, 3.8) is 0 Å². The molecule has 0 saturated carbocycles. The minimum absolute atomic E-state index is 0.0216. The Morgan fingerprint density at radius 3 is 2.36 bits per heavy atom. The Hall–Kier alpha value is -2.24. The van der Waals surface area contributed by atoms with Gasteiger partial charge >= 0.3 is 0 Å². The van der Waals surface area contributed by atoms with Crippen molar-refractivity contribution in [2.75, 3.05) is 6.54 Å². The van der Waals surface area contributed by atoms with Crippen LogP contribution in [0.4, 0.5) is 4.39 Å². The first-order valence-corrected chi connectivity index (χ1v) is 6.94. The van der Waals surface area contributed by atoms with Crippen molar-refractivity contribution in [3.8, 4) is 0 Å². The van der Waals surface area contributed by atoms with Gasteiger partial charge in [0.15, 0.2) is 0 Å². The molecule has 0 bridgehead atoms. The zero-order valence-electron chi connectivity index (χ0n) is 11.3. The second kappa shape index (κ2) is 5.51. The Labute approximate surface area is 130 Å². The SMILES string of the molecule is O=C1c2ccc(F)cc2C(=O)N1CC(O)c1ccc(Cl)cc1. The number of β-amino-alcohol motifs (C(OH)–C–C–N with tert-alkyl or cyclic N) is 1. The van der Waals surface area contributed by atoms with Gasteiger partial charge in [-0.25, -0.2) is 4.39 Å². The highest BCUT2D eigenvalue weighted by molar-refractivity contribution is 6.30. The third-order valence-electron chi connectivity index (χ3n) is 3.54. The lowest BCUT2D eigenvalue weighted by Gasteiger charge is -2.18. The average Bonchev–Trinajstić information content (AvgIpc) is 2.72. The number of aliphatic hydroxyl groups excluding tert-OH is 1. The standard InChI is InChI=1S/C16H11ClFNO3/c17-10-3-1-9(2-4-10)14(20)8-19-15(21)12-6-5-11(18)7-13(12)16(19)22/h1-7,14,20H,8H2. The number of amides is 2. The van der Waals surface area contributed by atoms with Crippen LogP contribution in [0, 0.1) is 5.82 Å². The van der Waals surface area contributed by atoms with Crippen molar-refractivity contribution in [2.45, 2.75) is 6.10 Å². The topological polar surface area (TPSA) is 57.6 Å². The maximum absolute atomic E-state index is 13.2. The zero-order chi connectivity index (χ0) is 15.9. The molecule has 1 atom stereocenters. The molecule has 0 aliphatic carbocycles. The Balaban J connectivity index is 1.83. The van der Waals surface area contributed by atoms with Crippen LogP contribution in [0.5, 0.6) is 0 Å². The molecule has 1 heterocycles. The number of fused-ring (bicyclic) bond motifs is 1. The molecule has 0 aromatic heterocycles. The largest absolute Gasteiger partial charge is 0.387 e. The van der Waals surface area contributed by atoms with Gasteiger partial charge in [-0.3, -0.25) is 14.5 Å². The molecule has 0 radical (unpaired) electrons. The summed E-state index contributed by atoms with van der Waals surface area (Å²) < 4.78 is 13.2. The fourth-order valence-corrected chi connectivity index (χ4v) is 2.52. The van der Waals surface area contributed by atoms with E-state index in [0.717, 1.165) is 17.0 Å². The molecule has 3 rings (SSSR count). The fourth-order valence-electron chi connectivity index (χ4n) is 2.39. The maximum atomic E-state index is 13.2. The number of hydrogen-bond donors (Lipinski definition) is 1. The van der Waals surface area contributed by atoms with E-state index in [1.807, 2.05) is 0 Å². The second-order valence-corrected chi connectivity index (χ2v) is 5.41.